The van der Waals surface area contributed by atoms with E-state index in [0.717, 1.165) is 30.9 Å². The van der Waals surface area contributed by atoms with Crippen LogP contribution in [0.2, 0.25) is 5.02 Å². The quantitative estimate of drug-likeness (QED) is 0.882. The van der Waals surface area contributed by atoms with Crippen LogP contribution in [0.25, 0.3) is 0 Å². The lowest BCUT2D eigenvalue weighted by Gasteiger charge is -2.33. The lowest BCUT2D eigenvalue weighted by molar-refractivity contribution is 0.0532. The van der Waals surface area contributed by atoms with Crippen molar-refractivity contribution in [2.75, 3.05) is 24.6 Å². The van der Waals surface area contributed by atoms with Crippen LogP contribution in [0, 0.1) is 0 Å². The van der Waals surface area contributed by atoms with Crippen LogP contribution in [0.4, 0.5) is 5.69 Å². The van der Waals surface area contributed by atoms with Gasteiger partial charge in [0, 0.05) is 13.1 Å². The van der Waals surface area contributed by atoms with Crippen molar-refractivity contribution in [1.29, 1.82) is 0 Å². The highest BCUT2D eigenvalue weighted by Crippen LogP contribution is 2.30. The van der Waals surface area contributed by atoms with E-state index >= 15 is 0 Å². The van der Waals surface area contributed by atoms with E-state index in [9.17, 15) is 5.11 Å². The molecule has 3 nitrogen and oxygen atoms in total. The third-order valence-corrected chi connectivity index (χ3v) is 3.34. The molecule has 0 amide bonds. The van der Waals surface area contributed by atoms with Gasteiger partial charge in [0.15, 0.2) is 0 Å². The first-order valence-corrected chi connectivity index (χ1v) is 6.30. The van der Waals surface area contributed by atoms with Crippen molar-refractivity contribution in [3.05, 3.63) is 28.8 Å². The van der Waals surface area contributed by atoms with Crippen molar-refractivity contribution >= 4 is 17.3 Å². The maximum absolute atomic E-state index is 9.50. The molecule has 0 bridgehead atoms. The topological polar surface area (TPSA) is 32.7 Å². The van der Waals surface area contributed by atoms with Crippen LogP contribution >= 0.6 is 11.6 Å². The maximum Gasteiger partial charge on any atom is 0.0762 e. The summed E-state index contributed by atoms with van der Waals surface area (Å²) in [7, 11) is 0. The Hall–Kier alpha value is -0.770. The van der Waals surface area contributed by atoms with Crippen LogP contribution in [0.15, 0.2) is 18.2 Å². The highest BCUT2D eigenvalue weighted by atomic mass is 35.5. The van der Waals surface area contributed by atoms with Gasteiger partial charge in [0.1, 0.15) is 0 Å². The normalized spacial score (nSPS) is 22.6. The average molecular weight is 256 g/mol. The fraction of sp³-hybridized carbons (Fsp3) is 0.538. The molecule has 1 aromatic carbocycles. The zero-order valence-electron chi connectivity index (χ0n) is 10.2. The van der Waals surface area contributed by atoms with Crippen molar-refractivity contribution in [3.8, 4) is 0 Å². The number of aliphatic hydroxyl groups excluding tert-OH is 1. The fourth-order valence-corrected chi connectivity index (χ4v) is 2.39. The lowest BCUT2D eigenvalue weighted by Crippen LogP contribution is -2.41. The molecular formula is C13H18ClNO2. The Morgan fingerprint density at radius 1 is 1.53 bits per heavy atom. The van der Waals surface area contributed by atoms with Gasteiger partial charge in [0.25, 0.3) is 0 Å². The summed E-state index contributed by atoms with van der Waals surface area (Å²) in [6.07, 6.45) is -0.249. The molecule has 2 atom stereocenters. The van der Waals surface area contributed by atoms with Gasteiger partial charge in [0.05, 0.1) is 29.5 Å². The van der Waals surface area contributed by atoms with Crippen LogP contribution in [0.5, 0.6) is 0 Å². The van der Waals surface area contributed by atoms with E-state index in [4.69, 9.17) is 16.3 Å². The molecule has 1 unspecified atom stereocenters. The minimum atomic E-state index is -0.481. The van der Waals surface area contributed by atoms with Gasteiger partial charge in [-0.3, -0.25) is 0 Å². The Balaban J connectivity index is 2.21. The van der Waals surface area contributed by atoms with Crippen LogP contribution in [-0.4, -0.2) is 30.9 Å². The first kappa shape index (κ1) is 12.7. The number of hydrogen-bond donors (Lipinski definition) is 1. The largest absolute Gasteiger partial charge is 0.389 e. The van der Waals surface area contributed by atoms with Gasteiger partial charge in [-0.25, -0.2) is 0 Å². The summed E-state index contributed by atoms with van der Waals surface area (Å²) in [4.78, 5) is 2.22. The Labute approximate surface area is 107 Å². The monoisotopic (exact) mass is 255 g/mol. The van der Waals surface area contributed by atoms with Crippen molar-refractivity contribution in [1.82, 2.24) is 0 Å². The summed E-state index contributed by atoms with van der Waals surface area (Å²) in [6.45, 7) is 6.24. The summed E-state index contributed by atoms with van der Waals surface area (Å²) in [5, 5.41) is 10.2. The number of morpholine rings is 1. The van der Waals surface area contributed by atoms with Crippen LogP contribution in [0.3, 0.4) is 0 Å². The lowest BCUT2D eigenvalue weighted by atomic mass is 10.1. The van der Waals surface area contributed by atoms with Gasteiger partial charge < -0.3 is 14.7 Å². The van der Waals surface area contributed by atoms with Crippen LogP contribution in [-0.2, 0) is 4.74 Å². The Morgan fingerprint density at radius 3 is 2.88 bits per heavy atom. The highest BCUT2D eigenvalue weighted by Gasteiger charge is 2.19. The van der Waals surface area contributed by atoms with E-state index in [1.165, 1.54) is 0 Å². The van der Waals surface area contributed by atoms with E-state index in [0.29, 0.717) is 5.02 Å². The van der Waals surface area contributed by atoms with Crippen molar-refractivity contribution in [2.45, 2.75) is 26.1 Å². The first-order valence-electron chi connectivity index (χ1n) is 5.92. The molecule has 1 fully saturated rings. The molecule has 1 aromatic rings. The van der Waals surface area contributed by atoms with Gasteiger partial charge in [-0.05, 0) is 31.5 Å². The molecule has 0 radical (unpaired) electrons. The van der Waals surface area contributed by atoms with Gasteiger partial charge in [-0.15, -0.1) is 0 Å². The first-order chi connectivity index (χ1) is 8.08. The Bertz CT molecular complexity index is 395. The van der Waals surface area contributed by atoms with E-state index in [2.05, 4.69) is 11.8 Å². The second-order valence-corrected chi connectivity index (χ2v) is 4.92. The van der Waals surface area contributed by atoms with Gasteiger partial charge in [-0.2, -0.15) is 0 Å². The fourth-order valence-electron chi connectivity index (χ4n) is 2.08. The standard InChI is InChI=1S/C13H18ClNO2/c1-9-8-15(5-6-17-9)13-4-3-11(10(2)16)7-12(13)14/h3-4,7,9-10,16H,5-6,8H2,1-2H3/t9?,10-/m1/s1. The number of halogens is 1. The van der Waals surface area contributed by atoms with Crippen molar-refractivity contribution in [2.24, 2.45) is 0 Å². The molecular weight excluding hydrogens is 238 g/mol. The summed E-state index contributed by atoms with van der Waals surface area (Å²) in [5.74, 6) is 0. The number of hydrogen-bond acceptors (Lipinski definition) is 3. The van der Waals surface area contributed by atoms with Gasteiger partial charge >= 0.3 is 0 Å². The Kier molecular flexibility index (Phi) is 3.92. The molecule has 17 heavy (non-hydrogen) atoms. The molecule has 1 aliphatic heterocycles. The molecule has 1 aliphatic rings. The molecule has 0 aromatic heterocycles. The van der Waals surface area contributed by atoms with Crippen molar-refractivity contribution in [3.63, 3.8) is 0 Å². The zero-order valence-corrected chi connectivity index (χ0v) is 10.9. The number of anilines is 1. The smallest absolute Gasteiger partial charge is 0.0762 e. The van der Waals surface area contributed by atoms with Gasteiger partial charge in [-0.1, -0.05) is 17.7 Å². The molecule has 94 valence electrons. The summed E-state index contributed by atoms with van der Waals surface area (Å²) >= 11 is 6.26. The molecule has 0 saturated carbocycles. The summed E-state index contributed by atoms with van der Waals surface area (Å²) in [6, 6.07) is 5.73. The predicted molar refractivity (Wildman–Crippen MR) is 69.7 cm³/mol. The highest BCUT2D eigenvalue weighted by molar-refractivity contribution is 6.33. The second kappa shape index (κ2) is 5.25. The second-order valence-electron chi connectivity index (χ2n) is 4.51. The number of benzene rings is 1. The molecule has 1 heterocycles. The van der Waals surface area contributed by atoms with E-state index in [1.807, 2.05) is 18.2 Å². The summed E-state index contributed by atoms with van der Waals surface area (Å²) in [5.41, 5.74) is 1.87. The zero-order chi connectivity index (χ0) is 12.4. The third-order valence-electron chi connectivity index (χ3n) is 3.04. The van der Waals surface area contributed by atoms with Crippen molar-refractivity contribution < 1.29 is 9.84 Å². The Morgan fingerprint density at radius 2 is 2.29 bits per heavy atom. The molecule has 2 rings (SSSR count). The van der Waals surface area contributed by atoms with Crippen LogP contribution in [0.1, 0.15) is 25.5 Å². The molecule has 4 heteroatoms. The number of rotatable bonds is 2. The average Bonchev–Trinajstić information content (AvgIpc) is 2.28. The molecule has 0 aliphatic carbocycles. The third kappa shape index (κ3) is 2.92. The SMILES string of the molecule is CC1CN(c2ccc([C@@H](C)O)cc2Cl)CCO1. The van der Waals surface area contributed by atoms with Crippen LogP contribution < -0.4 is 4.90 Å². The number of aliphatic hydroxyl groups is 1. The number of ether oxygens (including phenoxy) is 1. The minimum Gasteiger partial charge on any atom is -0.389 e. The summed E-state index contributed by atoms with van der Waals surface area (Å²) < 4.78 is 5.51. The maximum atomic E-state index is 9.50. The minimum absolute atomic E-state index is 0.233. The van der Waals surface area contributed by atoms with E-state index in [-0.39, 0.29) is 6.10 Å². The number of nitrogens with zero attached hydrogens (tertiary/aromatic N) is 1. The molecule has 1 saturated heterocycles. The predicted octanol–water partition coefficient (Wildman–Crippen LogP) is 2.62. The van der Waals surface area contributed by atoms with E-state index < -0.39 is 6.10 Å². The molecule has 1 N–H and O–H groups in total. The van der Waals surface area contributed by atoms with E-state index in [1.54, 1.807) is 6.92 Å². The molecule has 0 spiro atoms. The van der Waals surface area contributed by atoms with Gasteiger partial charge in [0.2, 0.25) is 0 Å².